The molecule has 2 rings (SSSR count). The minimum absolute atomic E-state index is 0.0764. The van der Waals surface area contributed by atoms with E-state index in [0.29, 0.717) is 16.9 Å². The zero-order valence-corrected chi connectivity index (χ0v) is 12.5. The molecule has 4 nitrogen and oxygen atoms in total. The second kappa shape index (κ2) is 7.51. The lowest BCUT2D eigenvalue weighted by Gasteiger charge is -2.11. The van der Waals surface area contributed by atoms with Gasteiger partial charge in [0.1, 0.15) is 0 Å². The third kappa shape index (κ3) is 5.02. The van der Waals surface area contributed by atoms with E-state index < -0.39 is 11.7 Å². The summed E-state index contributed by atoms with van der Waals surface area (Å²) in [6.07, 6.45) is -4.33. The zero-order chi connectivity index (χ0) is 17.6. The van der Waals surface area contributed by atoms with Crippen LogP contribution in [0.4, 0.5) is 24.5 Å². The Morgan fingerprint density at radius 3 is 2.50 bits per heavy atom. The van der Waals surface area contributed by atoms with Crippen LogP contribution in [0.1, 0.15) is 17.5 Å². The minimum Gasteiger partial charge on any atom is -0.385 e. The molecule has 0 unspecified atom stereocenters. The number of rotatable bonds is 5. The highest BCUT2D eigenvalue weighted by Gasteiger charge is 2.30. The minimum atomic E-state index is -4.40. The molecule has 0 heterocycles. The lowest BCUT2D eigenvalue weighted by atomic mass is 10.2. The largest absolute Gasteiger partial charge is 0.416 e. The maximum Gasteiger partial charge on any atom is 0.416 e. The number of carbonyl (C=O) groups excluding carboxylic acids is 1. The summed E-state index contributed by atoms with van der Waals surface area (Å²) in [6, 6.07) is 13.2. The van der Waals surface area contributed by atoms with Gasteiger partial charge in [-0.25, -0.2) is 0 Å². The number of carbonyl (C=O) groups is 1. The molecule has 0 fully saturated rings. The van der Waals surface area contributed by atoms with Gasteiger partial charge in [0.05, 0.1) is 17.2 Å². The van der Waals surface area contributed by atoms with Crippen LogP contribution < -0.4 is 10.6 Å². The maximum absolute atomic E-state index is 12.6. The molecule has 0 atom stereocenters. The topological polar surface area (TPSA) is 64.9 Å². The fourth-order valence-electron chi connectivity index (χ4n) is 2.02. The van der Waals surface area contributed by atoms with E-state index >= 15 is 0 Å². The van der Waals surface area contributed by atoms with E-state index in [1.54, 1.807) is 18.2 Å². The number of amides is 1. The first-order valence-corrected chi connectivity index (χ1v) is 7.09. The Morgan fingerprint density at radius 1 is 1.08 bits per heavy atom. The van der Waals surface area contributed by atoms with Crippen LogP contribution >= 0.6 is 0 Å². The fourth-order valence-corrected chi connectivity index (χ4v) is 2.02. The number of alkyl halides is 3. The number of hydrogen-bond acceptors (Lipinski definition) is 3. The summed E-state index contributed by atoms with van der Waals surface area (Å²) in [7, 11) is 0. The quantitative estimate of drug-likeness (QED) is 0.869. The first kappa shape index (κ1) is 17.3. The smallest absolute Gasteiger partial charge is 0.385 e. The predicted molar refractivity (Wildman–Crippen MR) is 84.3 cm³/mol. The molecule has 124 valence electrons. The van der Waals surface area contributed by atoms with Crippen molar-refractivity contribution >= 4 is 17.3 Å². The molecule has 0 spiro atoms. The average molecular weight is 333 g/mol. The van der Waals surface area contributed by atoms with Crippen molar-refractivity contribution in [2.24, 2.45) is 0 Å². The van der Waals surface area contributed by atoms with Gasteiger partial charge in [-0.3, -0.25) is 4.79 Å². The van der Waals surface area contributed by atoms with E-state index in [2.05, 4.69) is 10.6 Å². The molecule has 0 saturated carbocycles. The van der Waals surface area contributed by atoms with E-state index in [0.717, 1.165) is 12.1 Å². The number of hydrogen-bond donors (Lipinski definition) is 2. The summed E-state index contributed by atoms with van der Waals surface area (Å²) in [4.78, 5) is 11.8. The SMILES string of the molecule is N#Cc1cccc(NC(=O)CCNc2cccc(C(F)(F)F)c2)c1. The second-order valence-electron chi connectivity index (χ2n) is 5.00. The van der Waals surface area contributed by atoms with E-state index in [4.69, 9.17) is 5.26 Å². The van der Waals surface area contributed by atoms with Crippen LogP contribution in [-0.2, 0) is 11.0 Å². The van der Waals surface area contributed by atoms with Gasteiger partial charge in [-0.05, 0) is 36.4 Å². The van der Waals surface area contributed by atoms with Crippen molar-refractivity contribution in [1.82, 2.24) is 0 Å². The molecule has 0 aromatic heterocycles. The van der Waals surface area contributed by atoms with Crippen molar-refractivity contribution in [2.45, 2.75) is 12.6 Å². The Labute approximate surface area is 136 Å². The molecule has 0 aliphatic heterocycles. The summed E-state index contributed by atoms with van der Waals surface area (Å²) >= 11 is 0. The molecule has 1 amide bonds. The monoisotopic (exact) mass is 333 g/mol. The molecule has 2 aromatic carbocycles. The molecule has 24 heavy (non-hydrogen) atoms. The first-order valence-electron chi connectivity index (χ1n) is 7.09. The van der Waals surface area contributed by atoms with Gasteiger partial charge in [-0.15, -0.1) is 0 Å². The molecule has 0 radical (unpaired) electrons. The van der Waals surface area contributed by atoms with Crippen LogP contribution in [0.3, 0.4) is 0 Å². The fraction of sp³-hybridized carbons (Fsp3) is 0.176. The maximum atomic E-state index is 12.6. The van der Waals surface area contributed by atoms with E-state index in [1.165, 1.54) is 18.2 Å². The highest BCUT2D eigenvalue weighted by molar-refractivity contribution is 5.91. The predicted octanol–water partition coefficient (Wildman–Crippen LogP) is 4.02. The van der Waals surface area contributed by atoms with E-state index in [1.807, 2.05) is 6.07 Å². The highest BCUT2D eigenvalue weighted by Crippen LogP contribution is 2.30. The van der Waals surface area contributed by atoms with Crippen molar-refractivity contribution in [2.75, 3.05) is 17.2 Å². The Hall–Kier alpha value is -3.01. The Morgan fingerprint density at radius 2 is 1.79 bits per heavy atom. The number of halogens is 3. The van der Waals surface area contributed by atoms with Crippen LogP contribution in [-0.4, -0.2) is 12.5 Å². The van der Waals surface area contributed by atoms with Gasteiger partial charge in [0, 0.05) is 24.3 Å². The normalized spacial score (nSPS) is 10.8. The van der Waals surface area contributed by atoms with Gasteiger partial charge >= 0.3 is 6.18 Å². The van der Waals surface area contributed by atoms with Gasteiger partial charge in [-0.1, -0.05) is 12.1 Å². The molecule has 0 saturated heterocycles. The van der Waals surface area contributed by atoms with Gasteiger partial charge in [0.15, 0.2) is 0 Å². The summed E-state index contributed by atoms with van der Waals surface area (Å²) in [5.41, 5.74) is 0.474. The van der Waals surface area contributed by atoms with Crippen LogP contribution in [0.25, 0.3) is 0 Å². The van der Waals surface area contributed by atoms with Crippen molar-refractivity contribution in [3.8, 4) is 6.07 Å². The summed E-state index contributed by atoms with van der Waals surface area (Å²) in [5, 5.41) is 14.2. The number of nitrogens with one attached hydrogen (secondary N) is 2. The van der Waals surface area contributed by atoms with Crippen molar-refractivity contribution in [1.29, 1.82) is 5.26 Å². The average Bonchev–Trinajstić information content (AvgIpc) is 2.54. The molecule has 2 aromatic rings. The standard InChI is InChI=1S/C17H14F3N3O/c18-17(19,20)13-4-2-5-14(10-13)22-8-7-16(24)23-15-6-1-3-12(9-15)11-21/h1-6,9-10,22H,7-8H2,(H,23,24). The molecular formula is C17H14F3N3O. The van der Waals surface area contributed by atoms with Crippen molar-refractivity contribution < 1.29 is 18.0 Å². The molecule has 0 aliphatic rings. The molecule has 0 aliphatic carbocycles. The van der Waals surface area contributed by atoms with Crippen LogP contribution in [0.2, 0.25) is 0 Å². The number of nitrogens with zero attached hydrogens (tertiary/aromatic N) is 1. The summed E-state index contributed by atoms with van der Waals surface area (Å²) < 4.78 is 37.8. The second-order valence-corrected chi connectivity index (χ2v) is 5.00. The Balaban J connectivity index is 1.86. The Bertz CT molecular complexity index is 766. The molecule has 0 bridgehead atoms. The van der Waals surface area contributed by atoms with Gasteiger partial charge in [-0.2, -0.15) is 18.4 Å². The van der Waals surface area contributed by atoms with Crippen LogP contribution in [0.15, 0.2) is 48.5 Å². The van der Waals surface area contributed by atoms with Gasteiger partial charge in [0.25, 0.3) is 0 Å². The van der Waals surface area contributed by atoms with Gasteiger partial charge < -0.3 is 10.6 Å². The van der Waals surface area contributed by atoms with Crippen molar-refractivity contribution in [3.63, 3.8) is 0 Å². The zero-order valence-electron chi connectivity index (χ0n) is 12.5. The third-order valence-electron chi connectivity index (χ3n) is 3.15. The number of anilines is 2. The van der Waals surface area contributed by atoms with Crippen LogP contribution in [0.5, 0.6) is 0 Å². The van der Waals surface area contributed by atoms with E-state index in [-0.39, 0.29) is 18.9 Å². The molecule has 2 N–H and O–H groups in total. The Kier molecular flexibility index (Phi) is 5.42. The van der Waals surface area contributed by atoms with E-state index in [9.17, 15) is 18.0 Å². The summed E-state index contributed by atoms with van der Waals surface area (Å²) in [6.45, 7) is 0.186. The number of nitriles is 1. The van der Waals surface area contributed by atoms with Gasteiger partial charge in [0.2, 0.25) is 5.91 Å². The van der Waals surface area contributed by atoms with Crippen molar-refractivity contribution in [3.05, 3.63) is 59.7 Å². The molecule has 7 heteroatoms. The first-order chi connectivity index (χ1) is 11.4. The highest BCUT2D eigenvalue weighted by atomic mass is 19.4. The summed E-state index contributed by atoms with van der Waals surface area (Å²) in [5.74, 6) is -0.301. The number of benzene rings is 2. The molecular weight excluding hydrogens is 319 g/mol. The lowest BCUT2D eigenvalue weighted by Crippen LogP contribution is -2.16. The van der Waals surface area contributed by atoms with Crippen LogP contribution in [0, 0.1) is 11.3 Å². The third-order valence-corrected chi connectivity index (χ3v) is 3.15. The lowest BCUT2D eigenvalue weighted by molar-refractivity contribution is -0.137.